The third-order valence-corrected chi connectivity index (χ3v) is 5.68. The lowest BCUT2D eigenvalue weighted by molar-refractivity contribution is -0.115. The molecule has 0 saturated carbocycles. The first kappa shape index (κ1) is 20.1. The van der Waals surface area contributed by atoms with Crippen molar-refractivity contribution in [2.24, 2.45) is 0 Å². The first-order valence-electron chi connectivity index (χ1n) is 9.56. The minimum absolute atomic E-state index is 0.130. The second-order valence-corrected chi connectivity index (χ2v) is 7.93. The number of likely N-dealkylation sites (tertiary alicyclic amines) is 1. The number of piperidine rings is 1. The Morgan fingerprint density at radius 1 is 1.11 bits per heavy atom. The Balaban J connectivity index is 1.53. The second kappa shape index (κ2) is 10.1. The van der Waals surface area contributed by atoms with Crippen LogP contribution in [0.15, 0.2) is 54.6 Å². The van der Waals surface area contributed by atoms with Gasteiger partial charge in [-0.15, -0.1) is 0 Å². The van der Waals surface area contributed by atoms with Gasteiger partial charge in [0.25, 0.3) is 0 Å². The van der Waals surface area contributed by atoms with Gasteiger partial charge in [0.15, 0.2) is 5.78 Å². The molecule has 1 fully saturated rings. The summed E-state index contributed by atoms with van der Waals surface area (Å²) in [7, 11) is 0. The molecule has 0 aromatic heterocycles. The molecule has 4 heteroatoms. The number of nitrogens with zero attached hydrogens (tertiary/aromatic N) is 1. The summed E-state index contributed by atoms with van der Waals surface area (Å²) >= 11 is 12.1. The van der Waals surface area contributed by atoms with E-state index in [9.17, 15) is 4.79 Å². The van der Waals surface area contributed by atoms with Gasteiger partial charge in [0, 0.05) is 29.1 Å². The third kappa shape index (κ3) is 6.21. The number of benzene rings is 2. The molecule has 3 rings (SSSR count). The van der Waals surface area contributed by atoms with Gasteiger partial charge >= 0.3 is 0 Å². The molecule has 1 atom stereocenters. The molecule has 27 heavy (non-hydrogen) atoms. The summed E-state index contributed by atoms with van der Waals surface area (Å²) in [5, 5.41) is 1.16. The molecular weight excluding hydrogens is 377 g/mol. The first-order valence-corrected chi connectivity index (χ1v) is 10.3. The van der Waals surface area contributed by atoms with Crippen molar-refractivity contribution < 1.29 is 4.79 Å². The van der Waals surface area contributed by atoms with Crippen molar-refractivity contribution in [3.63, 3.8) is 0 Å². The Kier molecular flexibility index (Phi) is 7.51. The Morgan fingerprint density at radius 2 is 1.93 bits per heavy atom. The van der Waals surface area contributed by atoms with Crippen LogP contribution in [0.5, 0.6) is 0 Å². The van der Waals surface area contributed by atoms with Crippen molar-refractivity contribution in [3.8, 4) is 0 Å². The van der Waals surface area contributed by atoms with E-state index in [1.54, 1.807) is 24.3 Å². The highest BCUT2D eigenvalue weighted by Gasteiger charge is 2.22. The molecule has 1 heterocycles. The van der Waals surface area contributed by atoms with Crippen LogP contribution >= 0.6 is 23.2 Å². The highest BCUT2D eigenvalue weighted by molar-refractivity contribution is 6.35. The molecule has 1 aliphatic heterocycles. The van der Waals surface area contributed by atoms with E-state index in [2.05, 4.69) is 35.2 Å². The van der Waals surface area contributed by atoms with Crippen molar-refractivity contribution in [2.75, 3.05) is 13.1 Å². The van der Waals surface area contributed by atoms with Gasteiger partial charge in [-0.25, -0.2) is 0 Å². The average molecular weight is 402 g/mol. The van der Waals surface area contributed by atoms with Gasteiger partial charge in [0.1, 0.15) is 0 Å². The van der Waals surface area contributed by atoms with E-state index >= 15 is 0 Å². The molecule has 1 aliphatic rings. The fourth-order valence-electron chi connectivity index (χ4n) is 3.63. The maximum atomic E-state index is 12.3. The molecule has 1 unspecified atom stereocenters. The summed E-state index contributed by atoms with van der Waals surface area (Å²) < 4.78 is 0. The molecule has 142 valence electrons. The van der Waals surface area contributed by atoms with Gasteiger partial charge in [-0.1, -0.05) is 66.0 Å². The van der Waals surface area contributed by atoms with E-state index < -0.39 is 0 Å². The van der Waals surface area contributed by atoms with Crippen LogP contribution in [0.1, 0.15) is 36.8 Å². The van der Waals surface area contributed by atoms with Crippen LogP contribution in [0.2, 0.25) is 10.0 Å². The van der Waals surface area contributed by atoms with Crippen LogP contribution in [0, 0.1) is 0 Å². The maximum Gasteiger partial charge on any atom is 0.156 e. The molecule has 2 nitrogen and oxygen atoms in total. The molecule has 0 amide bonds. The summed E-state index contributed by atoms with van der Waals surface area (Å²) in [6.45, 7) is 1.90. The van der Waals surface area contributed by atoms with Gasteiger partial charge in [-0.05, 0) is 61.2 Å². The molecule has 0 radical (unpaired) electrons. The van der Waals surface area contributed by atoms with E-state index in [0.29, 0.717) is 22.5 Å². The van der Waals surface area contributed by atoms with Crippen molar-refractivity contribution in [1.82, 2.24) is 4.90 Å². The van der Waals surface area contributed by atoms with Crippen LogP contribution < -0.4 is 0 Å². The largest absolute Gasteiger partial charge is 0.300 e. The SMILES string of the molecule is O=C(C=Cc1ccc(Cl)cc1Cl)CCN1CCCCC1Cc1ccccc1. The standard InChI is InChI=1S/C23H25Cl2NO/c24-20-11-9-19(23(25)17-20)10-12-22(27)13-15-26-14-5-4-8-21(26)16-18-6-2-1-3-7-18/h1-3,6-7,9-12,17,21H,4-5,8,13-16H2. The summed E-state index contributed by atoms with van der Waals surface area (Å²) in [5.41, 5.74) is 2.19. The number of carbonyl (C=O) groups excluding carboxylic acids is 1. The van der Waals surface area contributed by atoms with E-state index in [1.807, 2.05) is 6.07 Å². The number of allylic oxidation sites excluding steroid dienone is 1. The summed E-state index contributed by atoms with van der Waals surface area (Å²) in [4.78, 5) is 14.8. The highest BCUT2D eigenvalue weighted by atomic mass is 35.5. The van der Waals surface area contributed by atoms with Gasteiger partial charge < -0.3 is 0 Å². The number of hydrogen-bond donors (Lipinski definition) is 0. The van der Waals surface area contributed by atoms with Crippen molar-refractivity contribution in [2.45, 2.75) is 38.1 Å². The van der Waals surface area contributed by atoms with Crippen LogP contribution in [-0.4, -0.2) is 29.8 Å². The van der Waals surface area contributed by atoms with Crippen molar-refractivity contribution >= 4 is 35.1 Å². The minimum atomic E-state index is 0.130. The topological polar surface area (TPSA) is 20.3 Å². The van der Waals surface area contributed by atoms with E-state index in [-0.39, 0.29) is 5.78 Å². The monoisotopic (exact) mass is 401 g/mol. The quantitative estimate of drug-likeness (QED) is 0.525. The maximum absolute atomic E-state index is 12.3. The number of hydrogen-bond acceptors (Lipinski definition) is 2. The second-order valence-electron chi connectivity index (χ2n) is 7.09. The van der Waals surface area contributed by atoms with Gasteiger partial charge in [0.05, 0.1) is 0 Å². The van der Waals surface area contributed by atoms with Crippen LogP contribution in [0.3, 0.4) is 0 Å². The smallest absolute Gasteiger partial charge is 0.156 e. The Bertz CT molecular complexity index is 788. The van der Waals surface area contributed by atoms with Gasteiger partial charge in [-0.3, -0.25) is 9.69 Å². The zero-order valence-electron chi connectivity index (χ0n) is 15.4. The number of carbonyl (C=O) groups is 1. The van der Waals surface area contributed by atoms with Crippen LogP contribution in [0.25, 0.3) is 6.08 Å². The predicted octanol–water partition coefficient (Wildman–Crippen LogP) is 6.06. The predicted molar refractivity (Wildman–Crippen MR) is 114 cm³/mol. The van der Waals surface area contributed by atoms with E-state index in [1.165, 1.54) is 24.8 Å². The lowest BCUT2D eigenvalue weighted by atomic mass is 9.95. The molecule has 0 bridgehead atoms. The lowest BCUT2D eigenvalue weighted by Crippen LogP contribution is -2.41. The molecule has 0 N–H and O–H groups in total. The number of ketones is 1. The Morgan fingerprint density at radius 3 is 2.70 bits per heavy atom. The first-order chi connectivity index (χ1) is 13.1. The number of halogens is 2. The molecule has 1 saturated heterocycles. The lowest BCUT2D eigenvalue weighted by Gasteiger charge is -2.35. The Hall–Kier alpha value is -1.61. The zero-order valence-corrected chi connectivity index (χ0v) is 16.9. The minimum Gasteiger partial charge on any atom is -0.300 e. The molecular formula is C23H25Cl2NO. The fourth-order valence-corrected chi connectivity index (χ4v) is 4.10. The number of rotatable bonds is 7. The average Bonchev–Trinajstić information content (AvgIpc) is 2.67. The fraction of sp³-hybridized carbons (Fsp3) is 0.348. The molecule has 0 aliphatic carbocycles. The van der Waals surface area contributed by atoms with E-state index in [0.717, 1.165) is 25.1 Å². The molecule has 0 spiro atoms. The summed E-state index contributed by atoms with van der Waals surface area (Å²) in [6.07, 6.45) is 8.70. The summed E-state index contributed by atoms with van der Waals surface area (Å²) in [6, 6.07) is 16.5. The van der Waals surface area contributed by atoms with Gasteiger partial charge in [-0.2, -0.15) is 0 Å². The Labute approximate surface area is 171 Å². The van der Waals surface area contributed by atoms with Crippen LogP contribution in [-0.2, 0) is 11.2 Å². The highest BCUT2D eigenvalue weighted by Crippen LogP contribution is 2.23. The summed E-state index contributed by atoms with van der Waals surface area (Å²) in [5.74, 6) is 0.130. The van der Waals surface area contributed by atoms with Gasteiger partial charge in [0.2, 0.25) is 0 Å². The normalized spacial score (nSPS) is 18.1. The molecule has 2 aromatic rings. The zero-order chi connectivity index (χ0) is 19.1. The molecule has 2 aromatic carbocycles. The van der Waals surface area contributed by atoms with Crippen molar-refractivity contribution in [3.05, 3.63) is 75.8 Å². The van der Waals surface area contributed by atoms with Crippen molar-refractivity contribution in [1.29, 1.82) is 0 Å². The third-order valence-electron chi connectivity index (χ3n) is 5.12. The van der Waals surface area contributed by atoms with E-state index in [4.69, 9.17) is 23.2 Å². The van der Waals surface area contributed by atoms with Crippen LogP contribution in [0.4, 0.5) is 0 Å².